The number of carbonyl (C=O) groups excluding carboxylic acids is 1. The van der Waals surface area contributed by atoms with Crippen LogP contribution in [0, 0.1) is 0 Å². The third-order valence-corrected chi connectivity index (χ3v) is 4.26. The molecule has 8 heteroatoms. The van der Waals surface area contributed by atoms with Crippen molar-refractivity contribution in [3.8, 4) is 0 Å². The number of rotatable bonds is 6. The molecular weight excluding hydrogens is 369 g/mol. The number of aromatic amines is 1. The Balaban J connectivity index is 1.65. The van der Waals surface area contributed by atoms with Gasteiger partial charge in [-0.2, -0.15) is 13.2 Å². The van der Waals surface area contributed by atoms with Crippen LogP contribution in [-0.2, 0) is 17.4 Å². The van der Waals surface area contributed by atoms with Gasteiger partial charge in [0.25, 0.3) is 0 Å². The number of H-pyrrole nitrogens is 1. The Labute approximate surface area is 159 Å². The summed E-state index contributed by atoms with van der Waals surface area (Å²) in [6.45, 7) is 0.104. The summed E-state index contributed by atoms with van der Waals surface area (Å²) in [5.41, 5.74) is 6.94. The topological polar surface area (TPSA) is 83.8 Å². The number of aromatic nitrogens is 2. The number of hydrogen-bond donors (Lipinski definition) is 3. The van der Waals surface area contributed by atoms with E-state index >= 15 is 0 Å². The van der Waals surface area contributed by atoms with Crippen LogP contribution in [0.1, 0.15) is 16.7 Å². The van der Waals surface area contributed by atoms with Gasteiger partial charge in [0.2, 0.25) is 5.91 Å². The SMILES string of the molecule is NC[C@H](Cc1cccc(C(F)(F)F)c1)NC(=O)C=Cc1c[nH]c2ncccc12. The predicted molar refractivity (Wildman–Crippen MR) is 101 cm³/mol. The third kappa shape index (κ3) is 4.77. The van der Waals surface area contributed by atoms with E-state index in [1.807, 2.05) is 6.07 Å². The van der Waals surface area contributed by atoms with Crippen molar-refractivity contribution in [2.45, 2.75) is 18.6 Å². The minimum atomic E-state index is -4.41. The van der Waals surface area contributed by atoms with Crippen LogP contribution in [-0.4, -0.2) is 28.5 Å². The molecule has 0 spiro atoms. The van der Waals surface area contributed by atoms with E-state index in [1.54, 1.807) is 30.6 Å². The molecule has 0 aliphatic rings. The number of fused-ring (bicyclic) bond motifs is 1. The Morgan fingerprint density at radius 1 is 1.29 bits per heavy atom. The van der Waals surface area contributed by atoms with Crippen LogP contribution in [0.4, 0.5) is 13.2 Å². The summed E-state index contributed by atoms with van der Waals surface area (Å²) in [5, 5.41) is 3.61. The maximum atomic E-state index is 12.8. The van der Waals surface area contributed by atoms with Crippen LogP contribution in [0.3, 0.4) is 0 Å². The molecule has 4 N–H and O–H groups in total. The normalized spacial score (nSPS) is 13.1. The molecule has 0 saturated carbocycles. The lowest BCUT2D eigenvalue weighted by Gasteiger charge is -2.17. The molecule has 3 aromatic rings. The fourth-order valence-electron chi connectivity index (χ4n) is 2.88. The second-order valence-corrected chi connectivity index (χ2v) is 6.32. The number of halogens is 3. The average molecular weight is 388 g/mol. The number of carbonyl (C=O) groups is 1. The summed E-state index contributed by atoms with van der Waals surface area (Å²) in [6, 6.07) is 8.21. The maximum absolute atomic E-state index is 12.8. The smallest absolute Gasteiger partial charge is 0.348 e. The Morgan fingerprint density at radius 2 is 2.11 bits per heavy atom. The van der Waals surface area contributed by atoms with Crippen LogP contribution >= 0.6 is 0 Å². The summed E-state index contributed by atoms with van der Waals surface area (Å²) >= 11 is 0. The highest BCUT2D eigenvalue weighted by atomic mass is 19.4. The molecule has 5 nitrogen and oxygen atoms in total. The number of nitrogens with zero attached hydrogens (tertiary/aromatic N) is 1. The molecule has 2 aromatic heterocycles. The number of amides is 1. The van der Waals surface area contributed by atoms with E-state index in [9.17, 15) is 18.0 Å². The highest BCUT2D eigenvalue weighted by molar-refractivity contribution is 5.95. The Hall–Kier alpha value is -3.13. The van der Waals surface area contributed by atoms with Gasteiger partial charge in [-0.3, -0.25) is 4.79 Å². The second-order valence-electron chi connectivity index (χ2n) is 6.32. The molecule has 146 valence electrons. The van der Waals surface area contributed by atoms with Gasteiger partial charge in [-0.25, -0.2) is 4.98 Å². The first-order chi connectivity index (χ1) is 13.4. The van der Waals surface area contributed by atoms with E-state index in [2.05, 4.69) is 15.3 Å². The summed E-state index contributed by atoms with van der Waals surface area (Å²) < 4.78 is 38.5. The van der Waals surface area contributed by atoms with Crippen LogP contribution in [0.15, 0.2) is 54.9 Å². The highest BCUT2D eigenvalue weighted by Crippen LogP contribution is 2.29. The van der Waals surface area contributed by atoms with Gasteiger partial charge in [0.1, 0.15) is 5.65 Å². The van der Waals surface area contributed by atoms with Crippen molar-refractivity contribution >= 4 is 23.0 Å². The Bertz CT molecular complexity index is 994. The number of hydrogen-bond acceptors (Lipinski definition) is 3. The Kier molecular flexibility index (Phi) is 5.79. The van der Waals surface area contributed by atoms with Crippen molar-refractivity contribution in [1.82, 2.24) is 15.3 Å². The van der Waals surface area contributed by atoms with Crippen molar-refractivity contribution in [1.29, 1.82) is 0 Å². The number of nitrogens with two attached hydrogens (primary N) is 1. The van der Waals surface area contributed by atoms with E-state index in [0.717, 1.165) is 23.1 Å². The standard InChI is InChI=1S/C20H19F3N4O/c21-20(22,23)15-4-1-3-13(9-15)10-16(11-24)27-18(28)7-6-14-12-26-19-17(14)5-2-8-25-19/h1-9,12,16H,10-11,24H2,(H,25,26)(H,27,28)/t16-/m0/s1. The molecule has 1 amide bonds. The average Bonchev–Trinajstić information content (AvgIpc) is 3.08. The maximum Gasteiger partial charge on any atom is 0.416 e. The van der Waals surface area contributed by atoms with E-state index in [0.29, 0.717) is 11.2 Å². The van der Waals surface area contributed by atoms with Gasteiger partial charge >= 0.3 is 6.18 Å². The molecular formula is C20H19F3N4O. The number of alkyl halides is 3. The minimum absolute atomic E-state index is 0.104. The van der Waals surface area contributed by atoms with Crippen molar-refractivity contribution < 1.29 is 18.0 Å². The number of benzene rings is 1. The van der Waals surface area contributed by atoms with Gasteiger partial charge < -0.3 is 16.0 Å². The molecule has 0 aliphatic carbocycles. The molecule has 0 radical (unpaired) electrons. The van der Waals surface area contributed by atoms with Crippen LogP contribution in [0.25, 0.3) is 17.1 Å². The number of pyridine rings is 1. The van der Waals surface area contributed by atoms with Crippen molar-refractivity contribution in [3.63, 3.8) is 0 Å². The van der Waals surface area contributed by atoms with E-state index in [-0.39, 0.29) is 18.9 Å². The molecule has 0 fully saturated rings. The van der Waals surface area contributed by atoms with Gasteiger partial charge in [0.15, 0.2) is 0 Å². The van der Waals surface area contributed by atoms with E-state index in [4.69, 9.17) is 5.73 Å². The molecule has 0 unspecified atom stereocenters. The molecule has 28 heavy (non-hydrogen) atoms. The molecule has 1 atom stereocenters. The highest BCUT2D eigenvalue weighted by Gasteiger charge is 2.30. The van der Waals surface area contributed by atoms with Gasteiger partial charge in [-0.15, -0.1) is 0 Å². The van der Waals surface area contributed by atoms with Crippen molar-refractivity contribution in [3.05, 3.63) is 71.6 Å². The fourth-order valence-corrected chi connectivity index (χ4v) is 2.88. The minimum Gasteiger partial charge on any atom is -0.348 e. The number of nitrogens with one attached hydrogen (secondary N) is 2. The summed E-state index contributed by atoms with van der Waals surface area (Å²) in [7, 11) is 0. The lowest BCUT2D eigenvalue weighted by Crippen LogP contribution is -2.41. The monoisotopic (exact) mass is 388 g/mol. The lowest BCUT2D eigenvalue weighted by atomic mass is 10.0. The predicted octanol–water partition coefficient (Wildman–Crippen LogP) is 3.28. The summed E-state index contributed by atoms with van der Waals surface area (Å²) in [4.78, 5) is 19.4. The van der Waals surface area contributed by atoms with Gasteiger partial charge in [0, 0.05) is 42.0 Å². The second kappa shape index (κ2) is 8.26. The first-order valence-electron chi connectivity index (χ1n) is 8.63. The van der Waals surface area contributed by atoms with Crippen LogP contribution in [0.5, 0.6) is 0 Å². The molecule has 1 aromatic carbocycles. The largest absolute Gasteiger partial charge is 0.416 e. The fraction of sp³-hybridized carbons (Fsp3) is 0.200. The molecule has 3 rings (SSSR count). The Morgan fingerprint density at radius 3 is 2.86 bits per heavy atom. The lowest BCUT2D eigenvalue weighted by molar-refractivity contribution is -0.137. The van der Waals surface area contributed by atoms with E-state index in [1.165, 1.54) is 12.1 Å². The van der Waals surface area contributed by atoms with Gasteiger partial charge in [-0.1, -0.05) is 18.2 Å². The molecule has 0 aliphatic heterocycles. The quantitative estimate of drug-likeness (QED) is 0.567. The van der Waals surface area contributed by atoms with Gasteiger partial charge in [-0.05, 0) is 36.3 Å². The zero-order chi connectivity index (χ0) is 20.1. The molecule has 0 saturated heterocycles. The molecule has 0 bridgehead atoms. The van der Waals surface area contributed by atoms with Crippen LogP contribution in [0.2, 0.25) is 0 Å². The van der Waals surface area contributed by atoms with Crippen molar-refractivity contribution in [2.24, 2.45) is 5.73 Å². The summed E-state index contributed by atoms with van der Waals surface area (Å²) in [6.07, 6.45) is 2.21. The van der Waals surface area contributed by atoms with Crippen molar-refractivity contribution in [2.75, 3.05) is 6.54 Å². The first kappa shape index (κ1) is 19.6. The zero-order valence-electron chi connectivity index (χ0n) is 14.8. The van der Waals surface area contributed by atoms with E-state index < -0.39 is 17.8 Å². The first-order valence-corrected chi connectivity index (χ1v) is 8.63. The van der Waals surface area contributed by atoms with Crippen LogP contribution < -0.4 is 11.1 Å². The van der Waals surface area contributed by atoms with Gasteiger partial charge in [0.05, 0.1) is 5.56 Å². The summed E-state index contributed by atoms with van der Waals surface area (Å²) in [5.74, 6) is -0.374. The molecule has 2 heterocycles. The third-order valence-electron chi connectivity index (χ3n) is 4.26. The zero-order valence-corrected chi connectivity index (χ0v) is 14.8.